The summed E-state index contributed by atoms with van der Waals surface area (Å²) in [6.07, 6.45) is 0. The molecule has 1 aromatic carbocycles. The topological polar surface area (TPSA) is 22.1 Å². The van der Waals surface area contributed by atoms with Crippen LogP contribution in [0, 0.1) is 0 Å². The van der Waals surface area contributed by atoms with Crippen LogP contribution in [0.5, 0.6) is 5.75 Å². The van der Waals surface area contributed by atoms with Crippen LogP contribution >= 0.6 is 15.9 Å². The van der Waals surface area contributed by atoms with Crippen molar-refractivity contribution >= 4 is 15.9 Å². The molecular formula is C12H10BrNO. The Bertz CT molecular complexity index is 456. The maximum atomic E-state index is 5.13. The highest BCUT2D eigenvalue weighted by atomic mass is 79.9. The summed E-state index contributed by atoms with van der Waals surface area (Å²) in [5.74, 6) is 0.745. The Morgan fingerprint density at radius 3 is 2.40 bits per heavy atom. The molecule has 1 aromatic heterocycles. The van der Waals surface area contributed by atoms with Crippen molar-refractivity contribution in [3.8, 4) is 17.0 Å². The molecule has 2 rings (SSSR count). The highest BCUT2D eigenvalue weighted by molar-refractivity contribution is 9.10. The van der Waals surface area contributed by atoms with Gasteiger partial charge in [0.05, 0.1) is 12.8 Å². The van der Waals surface area contributed by atoms with E-state index in [1.165, 1.54) is 0 Å². The first kappa shape index (κ1) is 10.2. The Morgan fingerprint density at radius 1 is 1.07 bits per heavy atom. The number of hydrogen-bond donors (Lipinski definition) is 0. The normalized spacial score (nSPS) is 10.0. The van der Waals surface area contributed by atoms with Gasteiger partial charge in [0, 0.05) is 5.56 Å². The van der Waals surface area contributed by atoms with Gasteiger partial charge in [0.2, 0.25) is 0 Å². The largest absolute Gasteiger partial charge is 0.494 e. The third kappa shape index (κ3) is 2.18. The third-order valence-corrected chi connectivity index (χ3v) is 2.67. The lowest BCUT2D eigenvalue weighted by atomic mass is 10.1. The Balaban J connectivity index is 2.43. The summed E-state index contributed by atoms with van der Waals surface area (Å²) >= 11 is 3.37. The first-order valence-corrected chi connectivity index (χ1v) is 5.36. The van der Waals surface area contributed by atoms with Gasteiger partial charge in [-0.3, -0.25) is 0 Å². The number of ether oxygens (including phenoxy) is 1. The third-order valence-electron chi connectivity index (χ3n) is 2.10. The molecule has 0 aliphatic heterocycles. The standard InChI is InChI=1S/C12H10BrNO/c1-15-11-8-7-10(14-12(11)13)9-5-3-2-4-6-9/h2-8H,1H3. The van der Waals surface area contributed by atoms with Crippen LogP contribution in [0.2, 0.25) is 0 Å². The number of benzene rings is 1. The molecular weight excluding hydrogens is 254 g/mol. The number of nitrogens with zero attached hydrogens (tertiary/aromatic N) is 1. The zero-order valence-electron chi connectivity index (χ0n) is 8.27. The predicted molar refractivity (Wildman–Crippen MR) is 63.9 cm³/mol. The van der Waals surface area contributed by atoms with E-state index in [2.05, 4.69) is 20.9 Å². The van der Waals surface area contributed by atoms with E-state index in [-0.39, 0.29) is 0 Å². The van der Waals surface area contributed by atoms with Gasteiger partial charge in [0.1, 0.15) is 4.60 Å². The van der Waals surface area contributed by atoms with Crippen molar-refractivity contribution in [2.24, 2.45) is 0 Å². The molecule has 0 fully saturated rings. The number of aromatic nitrogens is 1. The summed E-state index contributed by atoms with van der Waals surface area (Å²) in [6.45, 7) is 0. The lowest BCUT2D eigenvalue weighted by Gasteiger charge is -2.05. The molecule has 15 heavy (non-hydrogen) atoms. The van der Waals surface area contributed by atoms with E-state index in [1.54, 1.807) is 7.11 Å². The Kier molecular flexibility index (Phi) is 3.02. The van der Waals surface area contributed by atoms with Gasteiger partial charge in [-0.2, -0.15) is 0 Å². The van der Waals surface area contributed by atoms with Crippen molar-refractivity contribution in [3.05, 3.63) is 47.1 Å². The molecule has 0 aliphatic rings. The van der Waals surface area contributed by atoms with E-state index >= 15 is 0 Å². The number of hydrogen-bond acceptors (Lipinski definition) is 2. The molecule has 0 bridgehead atoms. The van der Waals surface area contributed by atoms with Crippen molar-refractivity contribution in [2.45, 2.75) is 0 Å². The molecule has 0 N–H and O–H groups in total. The highest BCUT2D eigenvalue weighted by Crippen LogP contribution is 2.26. The Morgan fingerprint density at radius 2 is 1.80 bits per heavy atom. The van der Waals surface area contributed by atoms with Crippen LogP contribution in [0.4, 0.5) is 0 Å². The molecule has 3 heteroatoms. The van der Waals surface area contributed by atoms with Crippen LogP contribution in [0.1, 0.15) is 0 Å². The molecule has 2 nitrogen and oxygen atoms in total. The van der Waals surface area contributed by atoms with Crippen LogP contribution < -0.4 is 4.74 Å². The van der Waals surface area contributed by atoms with Crippen LogP contribution in [0.15, 0.2) is 47.1 Å². The summed E-state index contributed by atoms with van der Waals surface area (Å²) in [6, 6.07) is 13.9. The summed E-state index contributed by atoms with van der Waals surface area (Å²) in [4.78, 5) is 4.41. The SMILES string of the molecule is COc1ccc(-c2ccccc2)nc1Br. The molecule has 0 saturated carbocycles. The lowest BCUT2D eigenvalue weighted by molar-refractivity contribution is 0.410. The van der Waals surface area contributed by atoms with Crippen LogP contribution in [0.3, 0.4) is 0 Å². The summed E-state index contributed by atoms with van der Waals surface area (Å²) < 4.78 is 5.85. The van der Waals surface area contributed by atoms with Crippen molar-refractivity contribution in [1.82, 2.24) is 4.98 Å². The fourth-order valence-electron chi connectivity index (χ4n) is 1.34. The van der Waals surface area contributed by atoms with E-state index in [4.69, 9.17) is 4.74 Å². The Hall–Kier alpha value is -1.35. The minimum Gasteiger partial charge on any atom is -0.494 e. The average Bonchev–Trinajstić information content (AvgIpc) is 2.30. The number of halogens is 1. The molecule has 76 valence electrons. The van der Waals surface area contributed by atoms with Crippen molar-refractivity contribution in [1.29, 1.82) is 0 Å². The van der Waals surface area contributed by atoms with E-state index < -0.39 is 0 Å². The minimum atomic E-state index is 0.728. The second kappa shape index (κ2) is 4.45. The van der Waals surface area contributed by atoms with Crippen molar-refractivity contribution in [2.75, 3.05) is 7.11 Å². The maximum absolute atomic E-state index is 5.13. The number of pyridine rings is 1. The van der Waals surface area contributed by atoms with Gasteiger partial charge in [-0.05, 0) is 28.1 Å². The minimum absolute atomic E-state index is 0.728. The lowest BCUT2D eigenvalue weighted by Crippen LogP contribution is -1.89. The first-order chi connectivity index (χ1) is 7.31. The van der Waals surface area contributed by atoms with E-state index in [0.717, 1.165) is 21.6 Å². The maximum Gasteiger partial charge on any atom is 0.151 e. The van der Waals surface area contributed by atoms with Crippen LogP contribution in [0.25, 0.3) is 11.3 Å². The van der Waals surface area contributed by atoms with Gasteiger partial charge in [-0.25, -0.2) is 4.98 Å². The molecule has 0 radical (unpaired) electrons. The van der Waals surface area contributed by atoms with Crippen molar-refractivity contribution in [3.63, 3.8) is 0 Å². The summed E-state index contributed by atoms with van der Waals surface area (Å²) in [5, 5.41) is 0. The molecule has 0 saturated heterocycles. The molecule has 0 unspecified atom stereocenters. The first-order valence-electron chi connectivity index (χ1n) is 4.57. The van der Waals surface area contributed by atoms with E-state index in [1.807, 2.05) is 42.5 Å². The zero-order valence-corrected chi connectivity index (χ0v) is 9.86. The smallest absolute Gasteiger partial charge is 0.151 e. The second-order valence-corrected chi connectivity index (χ2v) is 3.81. The summed E-state index contributed by atoms with van der Waals surface area (Å²) in [7, 11) is 1.63. The van der Waals surface area contributed by atoms with Gasteiger partial charge in [0.15, 0.2) is 5.75 Å². The van der Waals surface area contributed by atoms with Gasteiger partial charge in [0.25, 0.3) is 0 Å². The fourth-order valence-corrected chi connectivity index (χ4v) is 1.83. The second-order valence-electron chi connectivity index (χ2n) is 3.06. The number of rotatable bonds is 2. The molecule has 0 spiro atoms. The average molecular weight is 264 g/mol. The van der Waals surface area contributed by atoms with E-state index in [9.17, 15) is 0 Å². The van der Waals surface area contributed by atoms with Gasteiger partial charge in [-0.15, -0.1) is 0 Å². The summed E-state index contributed by atoms with van der Waals surface area (Å²) in [5.41, 5.74) is 2.03. The predicted octanol–water partition coefficient (Wildman–Crippen LogP) is 3.52. The fraction of sp³-hybridized carbons (Fsp3) is 0.0833. The highest BCUT2D eigenvalue weighted by Gasteiger charge is 2.04. The van der Waals surface area contributed by atoms with Gasteiger partial charge in [-0.1, -0.05) is 30.3 Å². The number of methoxy groups -OCH3 is 1. The zero-order chi connectivity index (χ0) is 10.7. The van der Waals surface area contributed by atoms with Crippen molar-refractivity contribution < 1.29 is 4.74 Å². The van der Waals surface area contributed by atoms with Crippen LogP contribution in [-0.2, 0) is 0 Å². The van der Waals surface area contributed by atoms with Gasteiger partial charge < -0.3 is 4.74 Å². The van der Waals surface area contributed by atoms with Crippen LogP contribution in [-0.4, -0.2) is 12.1 Å². The van der Waals surface area contributed by atoms with Gasteiger partial charge >= 0.3 is 0 Å². The molecule has 2 aromatic rings. The molecule has 0 amide bonds. The quantitative estimate of drug-likeness (QED) is 0.774. The van der Waals surface area contributed by atoms with E-state index in [0.29, 0.717) is 0 Å². The molecule has 1 heterocycles. The molecule has 0 atom stereocenters. The monoisotopic (exact) mass is 263 g/mol. The Labute approximate surface area is 97.1 Å². The molecule has 0 aliphatic carbocycles.